The van der Waals surface area contributed by atoms with Crippen LogP contribution in [0.4, 0.5) is 5.95 Å². The van der Waals surface area contributed by atoms with Crippen molar-refractivity contribution in [2.45, 2.75) is 13.3 Å². The van der Waals surface area contributed by atoms with Crippen LogP contribution in [0.15, 0.2) is 6.07 Å². The first kappa shape index (κ1) is 14.7. The molecule has 0 aromatic carbocycles. The maximum Gasteiger partial charge on any atom is 0.306 e. The first-order chi connectivity index (χ1) is 9.08. The highest BCUT2D eigenvalue weighted by Gasteiger charge is 2.10. The van der Waals surface area contributed by atoms with E-state index in [0.29, 0.717) is 0 Å². The van der Waals surface area contributed by atoms with Crippen molar-refractivity contribution in [3.63, 3.8) is 0 Å². The van der Waals surface area contributed by atoms with E-state index in [-0.39, 0.29) is 24.1 Å². The third-order valence-corrected chi connectivity index (χ3v) is 2.00. The van der Waals surface area contributed by atoms with Crippen LogP contribution in [0, 0.1) is 0 Å². The predicted octanol–water partition coefficient (Wildman–Crippen LogP) is 0.385. The molecule has 1 N–H and O–H groups in total. The van der Waals surface area contributed by atoms with Gasteiger partial charge in [0.2, 0.25) is 17.7 Å². The SMILES string of the molecule is CCC(=O)OCC(=O)Nc1nc(OC)cc(OC)n1. The second-order valence-electron chi connectivity index (χ2n) is 3.34. The summed E-state index contributed by atoms with van der Waals surface area (Å²) in [7, 11) is 2.85. The fourth-order valence-corrected chi connectivity index (χ4v) is 1.08. The van der Waals surface area contributed by atoms with E-state index >= 15 is 0 Å². The summed E-state index contributed by atoms with van der Waals surface area (Å²) in [4.78, 5) is 30.2. The van der Waals surface area contributed by atoms with E-state index < -0.39 is 18.5 Å². The van der Waals surface area contributed by atoms with Crippen molar-refractivity contribution in [3.8, 4) is 11.8 Å². The molecular formula is C11H15N3O5. The zero-order valence-electron chi connectivity index (χ0n) is 10.9. The highest BCUT2D eigenvalue weighted by molar-refractivity contribution is 5.91. The van der Waals surface area contributed by atoms with Gasteiger partial charge >= 0.3 is 5.97 Å². The molecule has 0 aliphatic heterocycles. The zero-order chi connectivity index (χ0) is 14.3. The summed E-state index contributed by atoms with van der Waals surface area (Å²) in [6.45, 7) is 1.24. The number of carbonyl (C=O) groups is 2. The number of nitrogens with zero attached hydrogens (tertiary/aromatic N) is 2. The number of esters is 1. The minimum Gasteiger partial charge on any atom is -0.481 e. The molecule has 1 amide bonds. The minimum absolute atomic E-state index is 0.00810. The second kappa shape index (κ2) is 7.14. The van der Waals surface area contributed by atoms with Crippen molar-refractivity contribution in [3.05, 3.63) is 6.07 Å². The van der Waals surface area contributed by atoms with E-state index in [2.05, 4.69) is 20.0 Å². The van der Waals surface area contributed by atoms with Gasteiger partial charge in [0.05, 0.1) is 20.3 Å². The fourth-order valence-electron chi connectivity index (χ4n) is 1.08. The number of methoxy groups -OCH3 is 2. The van der Waals surface area contributed by atoms with Crippen LogP contribution in [-0.2, 0) is 14.3 Å². The normalized spacial score (nSPS) is 9.63. The Bertz CT molecular complexity index is 441. The third-order valence-electron chi connectivity index (χ3n) is 2.00. The summed E-state index contributed by atoms with van der Waals surface area (Å²) in [5, 5.41) is 2.37. The largest absolute Gasteiger partial charge is 0.481 e. The molecule has 0 unspecified atom stereocenters. The standard InChI is InChI=1S/C11H15N3O5/c1-4-10(16)19-6-7(15)12-11-13-8(17-2)5-9(14-11)18-3/h5H,4,6H2,1-3H3,(H,12,13,14,15). The molecule has 8 heteroatoms. The number of hydrogen-bond donors (Lipinski definition) is 1. The number of amides is 1. The molecule has 19 heavy (non-hydrogen) atoms. The van der Waals surface area contributed by atoms with E-state index in [4.69, 9.17) is 9.47 Å². The Kier molecular flexibility index (Phi) is 5.52. The van der Waals surface area contributed by atoms with Crippen molar-refractivity contribution in [1.82, 2.24) is 9.97 Å². The third kappa shape index (κ3) is 4.78. The van der Waals surface area contributed by atoms with Crippen LogP contribution in [0.2, 0.25) is 0 Å². The van der Waals surface area contributed by atoms with Crippen molar-refractivity contribution in [2.75, 3.05) is 26.1 Å². The summed E-state index contributed by atoms with van der Waals surface area (Å²) < 4.78 is 14.5. The molecule has 0 bridgehead atoms. The summed E-state index contributed by atoms with van der Waals surface area (Å²) in [6, 6.07) is 1.47. The Hall–Kier alpha value is -2.38. The van der Waals surface area contributed by atoms with Gasteiger partial charge in [-0.15, -0.1) is 0 Å². The van der Waals surface area contributed by atoms with E-state index in [1.165, 1.54) is 20.3 Å². The van der Waals surface area contributed by atoms with Gasteiger partial charge in [0.1, 0.15) is 0 Å². The maximum atomic E-state index is 11.5. The summed E-state index contributed by atoms with van der Waals surface area (Å²) in [6.07, 6.45) is 0.205. The molecule has 0 aliphatic carbocycles. The number of ether oxygens (including phenoxy) is 3. The van der Waals surface area contributed by atoms with Gasteiger partial charge in [0, 0.05) is 6.42 Å². The van der Waals surface area contributed by atoms with Gasteiger partial charge < -0.3 is 14.2 Å². The van der Waals surface area contributed by atoms with Crippen molar-refractivity contribution in [2.24, 2.45) is 0 Å². The van der Waals surface area contributed by atoms with E-state index in [9.17, 15) is 9.59 Å². The Morgan fingerprint density at radius 2 is 1.79 bits per heavy atom. The number of nitrogens with one attached hydrogen (secondary N) is 1. The van der Waals surface area contributed by atoms with Gasteiger partial charge in [-0.2, -0.15) is 9.97 Å². The highest BCUT2D eigenvalue weighted by Crippen LogP contribution is 2.17. The van der Waals surface area contributed by atoms with Crippen LogP contribution in [0.3, 0.4) is 0 Å². The molecule has 8 nitrogen and oxygen atoms in total. The minimum atomic E-state index is -0.544. The van der Waals surface area contributed by atoms with Crippen LogP contribution in [-0.4, -0.2) is 42.7 Å². The van der Waals surface area contributed by atoms with Crippen LogP contribution in [0.25, 0.3) is 0 Å². The molecule has 0 aliphatic rings. The first-order valence-electron chi connectivity index (χ1n) is 5.51. The molecule has 0 atom stereocenters. The number of aromatic nitrogens is 2. The molecule has 104 valence electrons. The number of rotatable bonds is 6. The molecule has 1 heterocycles. The first-order valence-corrected chi connectivity index (χ1v) is 5.51. The van der Waals surface area contributed by atoms with Gasteiger partial charge in [-0.1, -0.05) is 6.92 Å². The topological polar surface area (TPSA) is 99.6 Å². The molecular weight excluding hydrogens is 254 g/mol. The van der Waals surface area contributed by atoms with Crippen molar-refractivity contribution < 1.29 is 23.8 Å². The van der Waals surface area contributed by atoms with Crippen LogP contribution in [0.5, 0.6) is 11.8 Å². The van der Waals surface area contributed by atoms with Crippen LogP contribution in [0.1, 0.15) is 13.3 Å². The molecule has 0 fully saturated rings. The molecule has 0 radical (unpaired) electrons. The zero-order valence-corrected chi connectivity index (χ0v) is 10.9. The molecule has 0 spiro atoms. The van der Waals surface area contributed by atoms with Gasteiger partial charge in [-0.05, 0) is 0 Å². The van der Waals surface area contributed by atoms with Crippen molar-refractivity contribution >= 4 is 17.8 Å². The number of anilines is 1. The van der Waals surface area contributed by atoms with Crippen molar-refractivity contribution in [1.29, 1.82) is 0 Å². The average Bonchev–Trinajstić information content (AvgIpc) is 2.44. The number of hydrogen-bond acceptors (Lipinski definition) is 7. The van der Waals surface area contributed by atoms with Gasteiger partial charge in [-0.3, -0.25) is 14.9 Å². The maximum absolute atomic E-state index is 11.5. The van der Waals surface area contributed by atoms with Gasteiger partial charge in [0.15, 0.2) is 6.61 Å². The monoisotopic (exact) mass is 269 g/mol. The lowest BCUT2D eigenvalue weighted by molar-refractivity contribution is -0.146. The second-order valence-corrected chi connectivity index (χ2v) is 3.34. The number of carbonyl (C=O) groups excluding carboxylic acids is 2. The average molecular weight is 269 g/mol. The lowest BCUT2D eigenvalue weighted by Gasteiger charge is -2.07. The predicted molar refractivity (Wildman–Crippen MR) is 65.0 cm³/mol. The molecule has 0 saturated carbocycles. The Labute approximate surface area is 110 Å². The Morgan fingerprint density at radius 3 is 2.26 bits per heavy atom. The van der Waals surface area contributed by atoms with E-state index in [0.717, 1.165) is 0 Å². The van der Waals surface area contributed by atoms with Crippen LogP contribution >= 0.6 is 0 Å². The van der Waals surface area contributed by atoms with E-state index in [1.54, 1.807) is 6.92 Å². The van der Waals surface area contributed by atoms with Gasteiger partial charge in [0.25, 0.3) is 5.91 Å². The lowest BCUT2D eigenvalue weighted by atomic mass is 10.5. The lowest BCUT2D eigenvalue weighted by Crippen LogP contribution is -2.21. The Balaban J connectivity index is 2.65. The Morgan fingerprint density at radius 1 is 1.21 bits per heavy atom. The fraction of sp³-hybridized carbons (Fsp3) is 0.455. The smallest absolute Gasteiger partial charge is 0.306 e. The summed E-state index contributed by atoms with van der Waals surface area (Å²) in [5.41, 5.74) is 0. The molecule has 0 saturated heterocycles. The van der Waals surface area contributed by atoms with E-state index in [1.807, 2.05) is 0 Å². The molecule has 1 aromatic heterocycles. The summed E-state index contributed by atoms with van der Waals surface area (Å²) >= 11 is 0. The molecule has 1 aromatic rings. The quantitative estimate of drug-likeness (QED) is 0.745. The molecule has 1 rings (SSSR count). The van der Waals surface area contributed by atoms with Crippen LogP contribution < -0.4 is 14.8 Å². The summed E-state index contributed by atoms with van der Waals surface area (Å²) in [5.74, 6) is -0.509. The van der Waals surface area contributed by atoms with Gasteiger partial charge in [-0.25, -0.2) is 0 Å². The highest BCUT2D eigenvalue weighted by atomic mass is 16.5.